The average molecular weight is 550 g/mol. The lowest BCUT2D eigenvalue weighted by Gasteiger charge is -2.34. The topological polar surface area (TPSA) is 108 Å². The number of morpholine rings is 1. The molecule has 1 fully saturated rings. The Bertz CT molecular complexity index is 1590. The number of nitrogens with one attached hydrogen (secondary N) is 1. The summed E-state index contributed by atoms with van der Waals surface area (Å²) >= 11 is 0. The van der Waals surface area contributed by atoms with Gasteiger partial charge in [0, 0.05) is 61.7 Å². The summed E-state index contributed by atoms with van der Waals surface area (Å²) in [6.07, 6.45) is 3.59. The van der Waals surface area contributed by atoms with Crippen LogP contribution in [0.1, 0.15) is 12.5 Å². The van der Waals surface area contributed by atoms with Crippen LogP contribution in [0.4, 0.5) is 5.82 Å². The molecule has 1 saturated heterocycles. The number of fused-ring (bicyclic) bond motifs is 1. The molecule has 4 aromatic rings. The summed E-state index contributed by atoms with van der Waals surface area (Å²) in [5.41, 5.74) is 3.96. The molecule has 0 spiro atoms. The number of aryl methyl sites for hydroxylation is 1. The molecule has 5 rings (SSSR count). The Morgan fingerprint density at radius 2 is 1.90 bits per heavy atom. The van der Waals surface area contributed by atoms with Gasteiger partial charge >= 0.3 is 0 Å². The van der Waals surface area contributed by atoms with Crippen molar-refractivity contribution in [3.63, 3.8) is 0 Å². The highest BCUT2D eigenvalue weighted by Crippen LogP contribution is 2.33. The van der Waals surface area contributed by atoms with E-state index in [-0.39, 0.29) is 10.9 Å². The number of hydrogen-bond acceptors (Lipinski definition) is 8. The smallest absolute Gasteiger partial charge is 0.242 e. The summed E-state index contributed by atoms with van der Waals surface area (Å²) in [6.45, 7) is 7.03. The summed E-state index contributed by atoms with van der Waals surface area (Å²) in [4.78, 5) is 22.0. The van der Waals surface area contributed by atoms with Crippen molar-refractivity contribution < 1.29 is 13.2 Å². The van der Waals surface area contributed by atoms with Gasteiger partial charge in [-0.3, -0.25) is 0 Å². The molecule has 0 aliphatic carbocycles. The zero-order valence-corrected chi connectivity index (χ0v) is 23.9. The highest BCUT2D eigenvalue weighted by Gasteiger charge is 2.25. The van der Waals surface area contributed by atoms with E-state index in [0.717, 1.165) is 33.5 Å². The molecule has 0 bridgehead atoms. The van der Waals surface area contributed by atoms with Gasteiger partial charge in [0.2, 0.25) is 10.0 Å². The van der Waals surface area contributed by atoms with E-state index in [1.165, 1.54) is 4.31 Å². The Balaban J connectivity index is 1.64. The van der Waals surface area contributed by atoms with Crippen LogP contribution in [0, 0.1) is 6.92 Å². The van der Waals surface area contributed by atoms with Crippen LogP contribution in [0.3, 0.4) is 0 Å². The second kappa shape index (κ2) is 11.0. The van der Waals surface area contributed by atoms with Gasteiger partial charge in [0.05, 0.1) is 29.8 Å². The van der Waals surface area contributed by atoms with Gasteiger partial charge < -0.3 is 19.5 Å². The molecule has 206 valence electrons. The third kappa shape index (κ3) is 5.53. The van der Waals surface area contributed by atoms with E-state index in [9.17, 15) is 8.42 Å². The van der Waals surface area contributed by atoms with Gasteiger partial charge in [0.15, 0.2) is 5.82 Å². The van der Waals surface area contributed by atoms with Crippen LogP contribution in [0.2, 0.25) is 0 Å². The Hall–Kier alpha value is -3.38. The first-order valence-corrected chi connectivity index (χ1v) is 14.5. The lowest BCUT2D eigenvalue weighted by Crippen LogP contribution is -2.44. The number of sulfonamides is 1. The Labute approximate surface area is 229 Å². The summed E-state index contributed by atoms with van der Waals surface area (Å²) in [6, 6.07) is 11.2. The van der Waals surface area contributed by atoms with Crippen LogP contribution >= 0.6 is 0 Å². The number of benzene rings is 1. The van der Waals surface area contributed by atoms with Crippen molar-refractivity contribution in [2.24, 2.45) is 0 Å². The van der Waals surface area contributed by atoms with Crippen molar-refractivity contribution in [3.8, 4) is 22.6 Å². The minimum Gasteiger partial charge on any atom is -0.377 e. The molecule has 1 atom stereocenters. The molecule has 0 radical (unpaired) electrons. The van der Waals surface area contributed by atoms with Crippen molar-refractivity contribution in [2.75, 3.05) is 58.9 Å². The van der Waals surface area contributed by atoms with Crippen molar-refractivity contribution in [1.29, 1.82) is 0 Å². The molecule has 0 saturated carbocycles. The molecular weight excluding hydrogens is 514 g/mol. The van der Waals surface area contributed by atoms with Crippen LogP contribution in [0.15, 0.2) is 53.7 Å². The minimum atomic E-state index is -3.68. The summed E-state index contributed by atoms with van der Waals surface area (Å²) < 4.78 is 34.0. The number of nitrogens with zero attached hydrogens (tertiary/aromatic N) is 6. The summed E-state index contributed by atoms with van der Waals surface area (Å²) in [7, 11) is 1.78. The number of hydrogen-bond donors (Lipinski definition) is 1. The molecule has 1 aliphatic rings. The van der Waals surface area contributed by atoms with Crippen LogP contribution in [0.5, 0.6) is 0 Å². The van der Waals surface area contributed by atoms with Crippen molar-refractivity contribution in [2.45, 2.75) is 24.8 Å². The quantitative estimate of drug-likeness (QED) is 0.356. The molecule has 4 heterocycles. The number of pyridine rings is 1. The summed E-state index contributed by atoms with van der Waals surface area (Å²) in [5, 5.41) is 0.922. The number of rotatable bonds is 8. The van der Waals surface area contributed by atoms with E-state index in [1.807, 2.05) is 56.4 Å². The van der Waals surface area contributed by atoms with Gasteiger partial charge in [-0.25, -0.2) is 23.4 Å². The first kappa shape index (κ1) is 27.2. The van der Waals surface area contributed by atoms with Gasteiger partial charge in [-0.05, 0) is 57.8 Å². The fourth-order valence-electron chi connectivity index (χ4n) is 4.74. The lowest BCUT2D eigenvalue weighted by atomic mass is 10.0. The van der Waals surface area contributed by atoms with Gasteiger partial charge in [0.25, 0.3) is 0 Å². The normalized spacial score (nSPS) is 16.5. The Kier molecular flexibility index (Phi) is 7.68. The second-order valence-electron chi connectivity index (χ2n) is 10.3. The van der Waals surface area contributed by atoms with Crippen LogP contribution in [-0.4, -0.2) is 97.6 Å². The number of anilines is 1. The summed E-state index contributed by atoms with van der Waals surface area (Å²) in [5.74, 6) is 1.34. The molecule has 1 aromatic carbocycles. The first-order chi connectivity index (χ1) is 18.6. The average Bonchev–Trinajstić information content (AvgIpc) is 3.41. The maximum Gasteiger partial charge on any atom is 0.242 e. The Morgan fingerprint density at radius 1 is 1.08 bits per heavy atom. The highest BCUT2D eigenvalue weighted by atomic mass is 32.2. The molecule has 3 aromatic heterocycles. The van der Waals surface area contributed by atoms with E-state index >= 15 is 0 Å². The third-order valence-corrected chi connectivity index (χ3v) is 8.98. The largest absolute Gasteiger partial charge is 0.377 e. The van der Waals surface area contributed by atoms with E-state index in [1.54, 1.807) is 25.4 Å². The molecule has 10 nitrogen and oxygen atoms in total. The molecule has 0 amide bonds. The molecule has 11 heteroatoms. The SMILES string of the molecule is Cc1ccc(S(=O)(=O)N(C)CCN(C)C)cc1-c1cc(N2CCOC[C@H]2C)nc(-c2ccnc3[nH]ccc23)n1. The van der Waals surface area contributed by atoms with E-state index in [0.29, 0.717) is 44.4 Å². The van der Waals surface area contributed by atoms with Crippen LogP contribution in [0.25, 0.3) is 33.7 Å². The van der Waals surface area contributed by atoms with E-state index < -0.39 is 10.0 Å². The second-order valence-corrected chi connectivity index (χ2v) is 12.3. The van der Waals surface area contributed by atoms with Crippen molar-refractivity contribution in [1.82, 2.24) is 29.1 Å². The zero-order valence-electron chi connectivity index (χ0n) is 23.0. The first-order valence-electron chi connectivity index (χ1n) is 13.0. The number of aromatic amines is 1. The van der Waals surface area contributed by atoms with E-state index in [2.05, 4.69) is 21.8 Å². The predicted octanol–water partition coefficient (Wildman–Crippen LogP) is 3.40. The standard InChI is InChI=1S/C28H35N7O3S/c1-19-6-7-21(39(36,37)34(5)13-12-33(3)4)16-24(19)25-17-26(35-14-15-38-18-20(35)2)32-28(31-25)23-9-11-30-27-22(23)8-10-29-27/h6-11,16-17,20H,12-15,18H2,1-5H3,(H,29,30)/t20-/m1/s1. The number of ether oxygens (including phenoxy) is 1. The molecular formula is C28H35N7O3S. The Morgan fingerprint density at radius 3 is 2.67 bits per heavy atom. The van der Waals surface area contributed by atoms with Crippen LogP contribution in [-0.2, 0) is 14.8 Å². The minimum absolute atomic E-state index is 0.136. The molecule has 39 heavy (non-hydrogen) atoms. The molecule has 1 aliphatic heterocycles. The molecule has 0 unspecified atom stereocenters. The van der Waals surface area contributed by atoms with Gasteiger partial charge in [-0.1, -0.05) is 6.07 Å². The maximum absolute atomic E-state index is 13.4. The fourth-order valence-corrected chi connectivity index (χ4v) is 5.93. The number of likely N-dealkylation sites (N-methyl/N-ethyl adjacent to an activating group) is 2. The zero-order chi connectivity index (χ0) is 27.7. The number of aromatic nitrogens is 4. The van der Waals surface area contributed by atoms with Crippen molar-refractivity contribution >= 4 is 26.9 Å². The predicted molar refractivity (Wildman–Crippen MR) is 153 cm³/mol. The maximum atomic E-state index is 13.4. The highest BCUT2D eigenvalue weighted by molar-refractivity contribution is 7.89. The molecule has 1 N–H and O–H groups in total. The number of H-pyrrole nitrogens is 1. The van der Waals surface area contributed by atoms with Gasteiger partial charge in [0.1, 0.15) is 11.5 Å². The van der Waals surface area contributed by atoms with Gasteiger partial charge in [-0.15, -0.1) is 0 Å². The third-order valence-electron chi connectivity index (χ3n) is 7.13. The lowest BCUT2D eigenvalue weighted by molar-refractivity contribution is 0.0985. The van der Waals surface area contributed by atoms with Crippen molar-refractivity contribution in [3.05, 3.63) is 54.4 Å². The van der Waals surface area contributed by atoms with E-state index in [4.69, 9.17) is 14.7 Å². The van der Waals surface area contributed by atoms with Gasteiger partial charge in [-0.2, -0.15) is 4.31 Å². The van der Waals surface area contributed by atoms with Crippen LogP contribution < -0.4 is 4.90 Å². The monoisotopic (exact) mass is 549 g/mol. The fraction of sp³-hybridized carbons (Fsp3) is 0.393.